The average molecular weight is 245 g/mol. The lowest BCUT2D eigenvalue weighted by atomic mass is 10.0. The summed E-state index contributed by atoms with van der Waals surface area (Å²) < 4.78 is 1.75. The second-order valence-corrected chi connectivity index (χ2v) is 3.82. The highest BCUT2D eigenvalue weighted by molar-refractivity contribution is 5.93. The van der Waals surface area contributed by atoms with Gasteiger partial charge in [0, 0.05) is 38.3 Å². The highest BCUT2D eigenvalue weighted by Crippen LogP contribution is 2.02. The summed E-state index contributed by atoms with van der Waals surface area (Å²) in [5.41, 5.74) is 0.643. The fourth-order valence-electron chi connectivity index (χ4n) is 1.49. The Bertz CT molecular complexity index is 348. The van der Waals surface area contributed by atoms with Crippen molar-refractivity contribution >= 4 is 18.3 Å². The average Bonchev–Trinajstić information content (AvgIpc) is 2.63. The van der Waals surface area contributed by atoms with E-state index in [1.54, 1.807) is 17.1 Å². The van der Waals surface area contributed by atoms with Crippen LogP contribution in [0.4, 0.5) is 0 Å². The van der Waals surface area contributed by atoms with E-state index in [9.17, 15) is 4.79 Å². The Labute approximate surface area is 101 Å². The molecule has 0 spiro atoms. The minimum Gasteiger partial charge on any atom is -0.352 e. The molecule has 5 nitrogen and oxygen atoms in total. The molecule has 0 saturated carbocycles. The highest BCUT2D eigenvalue weighted by Gasteiger charge is 2.17. The normalized spacial score (nSPS) is 15.1. The van der Waals surface area contributed by atoms with Gasteiger partial charge in [-0.3, -0.25) is 9.48 Å². The SMILES string of the molecule is CCn1cc(C(=O)NCC2CNC2)cn1.Cl. The first kappa shape index (κ1) is 13.0. The van der Waals surface area contributed by atoms with Crippen molar-refractivity contribution in [2.75, 3.05) is 19.6 Å². The molecule has 0 bridgehead atoms. The summed E-state index contributed by atoms with van der Waals surface area (Å²) in [4.78, 5) is 11.6. The highest BCUT2D eigenvalue weighted by atomic mass is 35.5. The van der Waals surface area contributed by atoms with E-state index in [2.05, 4.69) is 15.7 Å². The largest absolute Gasteiger partial charge is 0.352 e. The third kappa shape index (κ3) is 2.96. The molecule has 1 aromatic rings. The summed E-state index contributed by atoms with van der Waals surface area (Å²) in [7, 11) is 0. The number of carbonyl (C=O) groups excluding carboxylic acids is 1. The second kappa shape index (κ2) is 5.86. The van der Waals surface area contributed by atoms with Crippen molar-refractivity contribution in [2.45, 2.75) is 13.5 Å². The van der Waals surface area contributed by atoms with Crippen LogP contribution in [0.2, 0.25) is 0 Å². The van der Waals surface area contributed by atoms with Gasteiger partial charge in [-0.1, -0.05) is 0 Å². The van der Waals surface area contributed by atoms with Crippen molar-refractivity contribution in [3.05, 3.63) is 18.0 Å². The van der Waals surface area contributed by atoms with Crippen molar-refractivity contribution in [1.29, 1.82) is 0 Å². The number of amides is 1. The summed E-state index contributed by atoms with van der Waals surface area (Å²) in [6, 6.07) is 0. The first-order valence-electron chi connectivity index (χ1n) is 5.31. The Morgan fingerprint density at radius 2 is 2.44 bits per heavy atom. The van der Waals surface area contributed by atoms with Gasteiger partial charge in [-0.05, 0) is 6.92 Å². The molecule has 1 aromatic heterocycles. The number of nitrogens with zero attached hydrogens (tertiary/aromatic N) is 2. The summed E-state index contributed by atoms with van der Waals surface area (Å²) >= 11 is 0. The Hall–Kier alpha value is -1.07. The Kier molecular flexibility index (Phi) is 4.76. The van der Waals surface area contributed by atoms with Gasteiger partial charge in [0.25, 0.3) is 5.91 Å². The van der Waals surface area contributed by atoms with Crippen molar-refractivity contribution in [3.8, 4) is 0 Å². The first-order valence-corrected chi connectivity index (χ1v) is 5.31. The quantitative estimate of drug-likeness (QED) is 0.800. The maximum Gasteiger partial charge on any atom is 0.254 e. The fraction of sp³-hybridized carbons (Fsp3) is 0.600. The van der Waals surface area contributed by atoms with Crippen LogP contribution in [-0.4, -0.2) is 35.3 Å². The van der Waals surface area contributed by atoms with Gasteiger partial charge >= 0.3 is 0 Å². The van der Waals surface area contributed by atoms with E-state index in [0.717, 1.165) is 26.2 Å². The smallest absolute Gasteiger partial charge is 0.254 e. The maximum atomic E-state index is 11.6. The van der Waals surface area contributed by atoms with Crippen LogP contribution in [0.5, 0.6) is 0 Å². The molecule has 2 heterocycles. The molecule has 1 aliphatic rings. The van der Waals surface area contributed by atoms with Crippen LogP contribution in [0.15, 0.2) is 12.4 Å². The van der Waals surface area contributed by atoms with Crippen LogP contribution in [0.3, 0.4) is 0 Å². The Balaban J connectivity index is 0.00000128. The fourth-order valence-corrected chi connectivity index (χ4v) is 1.49. The number of rotatable bonds is 4. The van der Waals surface area contributed by atoms with Gasteiger partial charge in [-0.2, -0.15) is 5.10 Å². The summed E-state index contributed by atoms with van der Waals surface area (Å²) in [5.74, 6) is 0.566. The predicted molar refractivity (Wildman–Crippen MR) is 63.8 cm³/mol. The van der Waals surface area contributed by atoms with E-state index in [-0.39, 0.29) is 18.3 Å². The molecule has 90 valence electrons. The van der Waals surface area contributed by atoms with Crippen LogP contribution >= 0.6 is 12.4 Å². The molecule has 2 rings (SSSR count). The first-order chi connectivity index (χ1) is 7.29. The molecule has 1 fully saturated rings. The van der Waals surface area contributed by atoms with Crippen molar-refractivity contribution in [2.24, 2.45) is 5.92 Å². The summed E-state index contributed by atoms with van der Waals surface area (Å²) in [6.07, 6.45) is 3.38. The molecule has 0 unspecified atom stereocenters. The molecule has 1 saturated heterocycles. The molecule has 0 atom stereocenters. The number of carbonyl (C=O) groups is 1. The zero-order valence-corrected chi connectivity index (χ0v) is 10.1. The molecule has 0 aliphatic carbocycles. The Morgan fingerprint density at radius 1 is 1.69 bits per heavy atom. The van der Waals surface area contributed by atoms with Gasteiger partial charge in [0.1, 0.15) is 0 Å². The molecular formula is C10H17ClN4O. The van der Waals surface area contributed by atoms with Gasteiger partial charge in [-0.15, -0.1) is 12.4 Å². The molecular weight excluding hydrogens is 228 g/mol. The van der Waals surface area contributed by atoms with E-state index in [1.807, 2.05) is 6.92 Å². The lowest BCUT2D eigenvalue weighted by Crippen LogP contribution is -2.48. The van der Waals surface area contributed by atoms with E-state index >= 15 is 0 Å². The van der Waals surface area contributed by atoms with E-state index < -0.39 is 0 Å². The number of halogens is 1. The number of nitrogens with one attached hydrogen (secondary N) is 2. The van der Waals surface area contributed by atoms with Crippen LogP contribution < -0.4 is 10.6 Å². The zero-order valence-electron chi connectivity index (χ0n) is 9.27. The van der Waals surface area contributed by atoms with E-state index in [0.29, 0.717) is 11.5 Å². The third-order valence-corrected chi connectivity index (χ3v) is 2.64. The van der Waals surface area contributed by atoms with Gasteiger partial charge in [-0.25, -0.2) is 0 Å². The van der Waals surface area contributed by atoms with Gasteiger partial charge in [0.2, 0.25) is 0 Å². The van der Waals surface area contributed by atoms with Gasteiger partial charge < -0.3 is 10.6 Å². The number of hydrogen-bond acceptors (Lipinski definition) is 3. The standard InChI is InChI=1S/C10H16N4O.ClH/c1-2-14-7-9(6-13-14)10(15)12-5-8-3-11-4-8;/h6-8,11H,2-5H2,1H3,(H,12,15);1H. The molecule has 0 aromatic carbocycles. The second-order valence-electron chi connectivity index (χ2n) is 3.82. The molecule has 16 heavy (non-hydrogen) atoms. The molecule has 6 heteroatoms. The minimum absolute atomic E-state index is 0. The van der Waals surface area contributed by atoms with Crippen LogP contribution in [0, 0.1) is 5.92 Å². The van der Waals surface area contributed by atoms with E-state index in [4.69, 9.17) is 0 Å². The summed E-state index contributed by atoms with van der Waals surface area (Å²) in [5, 5.41) is 10.1. The van der Waals surface area contributed by atoms with Crippen molar-refractivity contribution in [1.82, 2.24) is 20.4 Å². The number of hydrogen-bond donors (Lipinski definition) is 2. The number of aryl methyl sites for hydroxylation is 1. The van der Waals surface area contributed by atoms with Crippen molar-refractivity contribution in [3.63, 3.8) is 0 Å². The Morgan fingerprint density at radius 3 is 2.94 bits per heavy atom. The van der Waals surface area contributed by atoms with Crippen LogP contribution in [0.25, 0.3) is 0 Å². The van der Waals surface area contributed by atoms with Crippen molar-refractivity contribution < 1.29 is 4.79 Å². The molecule has 0 radical (unpaired) electrons. The van der Waals surface area contributed by atoms with Gasteiger partial charge in [0.05, 0.1) is 11.8 Å². The van der Waals surface area contributed by atoms with E-state index in [1.165, 1.54) is 0 Å². The predicted octanol–water partition coefficient (Wildman–Crippen LogP) is 0.274. The van der Waals surface area contributed by atoms with Gasteiger partial charge in [0.15, 0.2) is 0 Å². The van der Waals surface area contributed by atoms with Crippen LogP contribution in [0.1, 0.15) is 17.3 Å². The lowest BCUT2D eigenvalue weighted by molar-refractivity contribution is 0.0942. The zero-order chi connectivity index (χ0) is 10.7. The monoisotopic (exact) mass is 244 g/mol. The maximum absolute atomic E-state index is 11.6. The number of aromatic nitrogens is 2. The molecule has 2 N–H and O–H groups in total. The van der Waals surface area contributed by atoms with Crippen LogP contribution in [-0.2, 0) is 6.54 Å². The molecule has 1 aliphatic heterocycles. The lowest BCUT2D eigenvalue weighted by Gasteiger charge is -2.26. The summed E-state index contributed by atoms with van der Waals surface area (Å²) in [6.45, 7) is 5.56. The molecule has 1 amide bonds. The topological polar surface area (TPSA) is 59.0 Å². The minimum atomic E-state index is -0.0263. The third-order valence-electron chi connectivity index (χ3n) is 2.64.